The van der Waals surface area contributed by atoms with Crippen LogP contribution in [0.4, 0.5) is 0 Å². The molecule has 2 N–H and O–H groups in total. The molecule has 1 aromatic rings. The van der Waals surface area contributed by atoms with Crippen LogP contribution in [-0.2, 0) is 13.6 Å². The number of carboxylic acids is 1. The first-order valence-corrected chi connectivity index (χ1v) is 5.63. The minimum atomic E-state index is -0.910. The highest BCUT2D eigenvalue weighted by atomic mass is 16.4. The van der Waals surface area contributed by atoms with Gasteiger partial charge in [0.1, 0.15) is 5.56 Å². The molecule has 0 saturated heterocycles. The molecular formula is C11H17N3O2. The number of aryl methyl sites for hydroxylation is 1. The standard InChI is InChI=1S/C11H17N3O2/c1-14-10(9(6-13-14)11(15)16)7-12-5-4-8-2-3-8/h6,8,12H,2-5,7H2,1H3,(H,15,16). The zero-order valence-corrected chi connectivity index (χ0v) is 9.44. The quantitative estimate of drug-likeness (QED) is 0.706. The minimum Gasteiger partial charge on any atom is -0.478 e. The molecule has 1 fully saturated rings. The highest BCUT2D eigenvalue weighted by molar-refractivity contribution is 5.88. The predicted octanol–water partition coefficient (Wildman–Crippen LogP) is 1.01. The van der Waals surface area contributed by atoms with Crippen LogP contribution in [0.2, 0.25) is 0 Å². The third kappa shape index (κ3) is 2.61. The number of aromatic nitrogens is 2. The second-order valence-electron chi connectivity index (χ2n) is 4.34. The highest BCUT2D eigenvalue weighted by Crippen LogP contribution is 2.31. The molecule has 0 aliphatic heterocycles. The van der Waals surface area contributed by atoms with Crippen LogP contribution < -0.4 is 5.32 Å². The van der Waals surface area contributed by atoms with Gasteiger partial charge in [0.2, 0.25) is 0 Å². The normalized spacial score (nSPS) is 15.3. The van der Waals surface area contributed by atoms with Crippen molar-refractivity contribution in [2.75, 3.05) is 6.54 Å². The maximum Gasteiger partial charge on any atom is 0.339 e. The number of hydrogen-bond acceptors (Lipinski definition) is 3. The Labute approximate surface area is 94.5 Å². The first-order valence-electron chi connectivity index (χ1n) is 5.63. The smallest absolute Gasteiger partial charge is 0.339 e. The van der Waals surface area contributed by atoms with E-state index in [4.69, 9.17) is 5.11 Å². The molecule has 0 bridgehead atoms. The minimum absolute atomic E-state index is 0.293. The summed E-state index contributed by atoms with van der Waals surface area (Å²) in [6.45, 7) is 1.53. The van der Waals surface area contributed by atoms with Gasteiger partial charge in [-0.3, -0.25) is 4.68 Å². The molecule has 1 aliphatic carbocycles. The fraction of sp³-hybridized carbons (Fsp3) is 0.636. The van der Waals surface area contributed by atoms with Gasteiger partial charge < -0.3 is 10.4 Å². The summed E-state index contributed by atoms with van der Waals surface area (Å²) in [5, 5.41) is 16.2. The Morgan fingerprint density at radius 3 is 3.06 bits per heavy atom. The lowest BCUT2D eigenvalue weighted by Gasteiger charge is -2.05. The van der Waals surface area contributed by atoms with Crippen LogP contribution in [0.1, 0.15) is 35.3 Å². The number of aromatic carboxylic acids is 1. The van der Waals surface area contributed by atoms with E-state index in [1.54, 1.807) is 11.7 Å². The van der Waals surface area contributed by atoms with Gasteiger partial charge in [0.25, 0.3) is 0 Å². The maximum atomic E-state index is 10.9. The average Bonchev–Trinajstić information content (AvgIpc) is 2.98. The SMILES string of the molecule is Cn1ncc(C(=O)O)c1CNCCC1CC1. The third-order valence-electron chi connectivity index (χ3n) is 3.01. The lowest BCUT2D eigenvalue weighted by molar-refractivity contribution is 0.0695. The molecule has 0 unspecified atom stereocenters. The zero-order valence-electron chi connectivity index (χ0n) is 9.44. The average molecular weight is 223 g/mol. The van der Waals surface area contributed by atoms with Crippen molar-refractivity contribution in [3.8, 4) is 0 Å². The van der Waals surface area contributed by atoms with E-state index in [1.165, 1.54) is 25.5 Å². The predicted molar refractivity (Wildman–Crippen MR) is 59.2 cm³/mol. The van der Waals surface area contributed by atoms with E-state index in [9.17, 15) is 4.79 Å². The summed E-state index contributed by atoms with van der Waals surface area (Å²) in [4.78, 5) is 10.9. The van der Waals surface area contributed by atoms with E-state index in [1.807, 2.05) is 0 Å². The van der Waals surface area contributed by atoms with Gasteiger partial charge in [-0.15, -0.1) is 0 Å². The van der Waals surface area contributed by atoms with E-state index in [2.05, 4.69) is 10.4 Å². The molecule has 5 nitrogen and oxygen atoms in total. The molecule has 1 aromatic heterocycles. The molecule has 88 valence electrons. The Balaban J connectivity index is 1.86. The van der Waals surface area contributed by atoms with Gasteiger partial charge in [-0.05, 0) is 18.9 Å². The Hall–Kier alpha value is -1.36. The van der Waals surface area contributed by atoms with Gasteiger partial charge in [0.05, 0.1) is 11.9 Å². The summed E-state index contributed by atoms with van der Waals surface area (Å²) in [7, 11) is 1.77. The van der Waals surface area contributed by atoms with E-state index in [0.717, 1.165) is 18.2 Å². The van der Waals surface area contributed by atoms with Crippen molar-refractivity contribution >= 4 is 5.97 Å². The summed E-state index contributed by atoms with van der Waals surface area (Å²) < 4.78 is 1.62. The number of nitrogens with one attached hydrogen (secondary N) is 1. The first kappa shape index (κ1) is 11.1. The molecule has 1 saturated carbocycles. The fourth-order valence-electron chi connectivity index (χ4n) is 1.77. The van der Waals surface area contributed by atoms with Crippen LogP contribution >= 0.6 is 0 Å². The lowest BCUT2D eigenvalue weighted by Crippen LogP contribution is -2.19. The van der Waals surface area contributed by atoms with Crippen molar-refractivity contribution < 1.29 is 9.90 Å². The van der Waals surface area contributed by atoms with E-state index in [-0.39, 0.29) is 0 Å². The van der Waals surface area contributed by atoms with Crippen LogP contribution in [-0.4, -0.2) is 27.4 Å². The highest BCUT2D eigenvalue weighted by Gasteiger charge is 2.20. The molecule has 1 heterocycles. The van der Waals surface area contributed by atoms with Crippen molar-refractivity contribution in [2.24, 2.45) is 13.0 Å². The van der Waals surface area contributed by atoms with Crippen molar-refractivity contribution in [3.63, 3.8) is 0 Å². The molecule has 2 rings (SSSR count). The summed E-state index contributed by atoms with van der Waals surface area (Å²) in [5.41, 5.74) is 1.03. The van der Waals surface area contributed by atoms with Crippen molar-refractivity contribution in [1.29, 1.82) is 0 Å². The van der Waals surface area contributed by atoms with Crippen LogP contribution in [0.5, 0.6) is 0 Å². The van der Waals surface area contributed by atoms with Gasteiger partial charge in [-0.1, -0.05) is 12.8 Å². The summed E-state index contributed by atoms with van der Waals surface area (Å²) in [6, 6.07) is 0. The monoisotopic (exact) mass is 223 g/mol. The molecule has 0 amide bonds. The van der Waals surface area contributed by atoms with Gasteiger partial charge in [-0.2, -0.15) is 5.10 Å². The van der Waals surface area contributed by atoms with Crippen molar-refractivity contribution in [2.45, 2.75) is 25.8 Å². The Morgan fingerprint density at radius 2 is 2.44 bits per heavy atom. The summed E-state index contributed by atoms with van der Waals surface area (Å²) in [5.74, 6) is -0.00919. The number of rotatable bonds is 6. The van der Waals surface area contributed by atoms with Gasteiger partial charge >= 0.3 is 5.97 Å². The maximum absolute atomic E-state index is 10.9. The molecule has 0 radical (unpaired) electrons. The number of hydrogen-bond donors (Lipinski definition) is 2. The zero-order chi connectivity index (χ0) is 11.5. The molecule has 16 heavy (non-hydrogen) atoms. The molecule has 5 heteroatoms. The summed E-state index contributed by atoms with van der Waals surface area (Å²) >= 11 is 0. The Morgan fingerprint density at radius 1 is 1.69 bits per heavy atom. The van der Waals surface area contributed by atoms with E-state index in [0.29, 0.717) is 12.1 Å². The van der Waals surface area contributed by atoms with E-state index >= 15 is 0 Å². The molecule has 0 spiro atoms. The van der Waals surface area contributed by atoms with Crippen molar-refractivity contribution in [3.05, 3.63) is 17.5 Å². The van der Waals surface area contributed by atoms with Crippen molar-refractivity contribution in [1.82, 2.24) is 15.1 Å². The largest absolute Gasteiger partial charge is 0.478 e. The Bertz CT molecular complexity index is 383. The summed E-state index contributed by atoms with van der Waals surface area (Å²) in [6.07, 6.45) is 5.31. The van der Waals surface area contributed by atoms with Gasteiger partial charge in [0, 0.05) is 13.6 Å². The molecule has 0 aromatic carbocycles. The lowest BCUT2D eigenvalue weighted by atomic mass is 10.2. The first-order chi connectivity index (χ1) is 7.68. The third-order valence-corrected chi connectivity index (χ3v) is 3.01. The number of carboxylic acid groups (broad SMARTS) is 1. The van der Waals surface area contributed by atoms with Gasteiger partial charge in [0.15, 0.2) is 0 Å². The van der Waals surface area contributed by atoms with Crippen LogP contribution in [0.25, 0.3) is 0 Å². The Kier molecular flexibility index (Phi) is 3.24. The van der Waals surface area contributed by atoms with Crippen LogP contribution in [0.3, 0.4) is 0 Å². The topological polar surface area (TPSA) is 67.2 Å². The fourth-order valence-corrected chi connectivity index (χ4v) is 1.77. The van der Waals surface area contributed by atoms with Gasteiger partial charge in [-0.25, -0.2) is 4.79 Å². The number of carbonyl (C=O) groups is 1. The second kappa shape index (κ2) is 4.65. The second-order valence-corrected chi connectivity index (χ2v) is 4.34. The molecule has 0 atom stereocenters. The van der Waals surface area contributed by atoms with Crippen LogP contribution in [0.15, 0.2) is 6.20 Å². The molecule has 1 aliphatic rings. The number of nitrogens with zero attached hydrogens (tertiary/aromatic N) is 2. The van der Waals surface area contributed by atoms with E-state index < -0.39 is 5.97 Å². The van der Waals surface area contributed by atoms with Crippen LogP contribution in [0, 0.1) is 5.92 Å². The molecular weight excluding hydrogens is 206 g/mol.